The van der Waals surface area contributed by atoms with Crippen molar-refractivity contribution >= 4 is 29.0 Å². The topological polar surface area (TPSA) is 92.9 Å². The fraction of sp³-hybridized carbons (Fsp3) is 0. The quantitative estimate of drug-likeness (QED) is 0.453. The van der Waals surface area contributed by atoms with Gasteiger partial charge in [0.05, 0.1) is 11.9 Å². The van der Waals surface area contributed by atoms with Crippen molar-refractivity contribution in [3.05, 3.63) is 47.1 Å². The fourth-order valence-electron chi connectivity index (χ4n) is 1.37. The number of hydrogen-bond donors (Lipinski definition) is 3. The number of nitrogens with one attached hydrogen (secondary N) is 2. The van der Waals surface area contributed by atoms with Crippen LogP contribution in [0.15, 0.2) is 30.6 Å². The number of carbonyl (C=O) groups is 1. The van der Waals surface area contributed by atoms with Gasteiger partial charge in [0, 0.05) is 11.8 Å². The van der Waals surface area contributed by atoms with Gasteiger partial charge >= 0.3 is 0 Å². The molecule has 0 aliphatic carbocycles. The molecular formula is C11H9ClFN5O. The lowest BCUT2D eigenvalue weighted by molar-refractivity contribution is 0.102. The molecule has 1 amide bonds. The van der Waals surface area contributed by atoms with Crippen LogP contribution in [0.2, 0.25) is 5.15 Å². The van der Waals surface area contributed by atoms with Gasteiger partial charge in [-0.3, -0.25) is 9.78 Å². The number of hydrazine groups is 1. The molecule has 0 atom stereocenters. The van der Waals surface area contributed by atoms with Gasteiger partial charge in [-0.05, 0) is 18.2 Å². The smallest absolute Gasteiger partial charge is 0.255 e. The molecule has 0 radical (unpaired) electrons. The Hall–Kier alpha value is -2.25. The summed E-state index contributed by atoms with van der Waals surface area (Å²) in [5, 5.41) is 2.49. The largest absolute Gasteiger partial charge is 0.319 e. The van der Waals surface area contributed by atoms with Crippen LogP contribution in [0.5, 0.6) is 0 Å². The van der Waals surface area contributed by atoms with Gasteiger partial charge < -0.3 is 10.7 Å². The van der Waals surface area contributed by atoms with Crippen molar-refractivity contribution in [2.75, 3.05) is 10.7 Å². The molecule has 0 aromatic carbocycles. The second-order valence-electron chi connectivity index (χ2n) is 3.52. The van der Waals surface area contributed by atoms with E-state index in [1.165, 1.54) is 24.4 Å². The summed E-state index contributed by atoms with van der Waals surface area (Å²) in [6.45, 7) is 0. The number of anilines is 2. The molecule has 19 heavy (non-hydrogen) atoms. The molecule has 0 saturated heterocycles. The average molecular weight is 282 g/mol. The minimum Gasteiger partial charge on any atom is -0.319 e. The van der Waals surface area contributed by atoms with Crippen molar-refractivity contribution in [3.63, 3.8) is 0 Å². The number of pyridine rings is 2. The molecule has 2 heterocycles. The molecule has 0 bridgehead atoms. The van der Waals surface area contributed by atoms with Gasteiger partial charge in [0.2, 0.25) is 0 Å². The van der Waals surface area contributed by atoms with E-state index >= 15 is 0 Å². The van der Waals surface area contributed by atoms with E-state index in [-0.39, 0.29) is 22.2 Å². The zero-order valence-corrected chi connectivity index (χ0v) is 10.3. The van der Waals surface area contributed by atoms with Gasteiger partial charge in [-0.25, -0.2) is 15.2 Å². The van der Waals surface area contributed by atoms with Gasteiger partial charge in [0.1, 0.15) is 11.0 Å². The predicted molar refractivity (Wildman–Crippen MR) is 69.2 cm³/mol. The van der Waals surface area contributed by atoms with Gasteiger partial charge in [0.15, 0.2) is 5.82 Å². The summed E-state index contributed by atoms with van der Waals surface area (Å²) in [4.78, 5) is 19.3. The Balaban J connectivity index is 2.25. The molecule has 2 aromatic rings. The maximum atomic E-state index is 13.3. The summed E-state index contributed by atoms with van der Waals surface area (Å²) in [7, 11) is 0. The molecule has 0 aliphatic rings. The molecule has 0 fully saturated rings. The van der Waals surface area contributed by atoms with E-state index in [1.807, 2.05) is 0 Å². The van der Waals surface area contributed by atoms with Crippen molar-refractivity contribution in [2.24, 2.45) is 5.84 Å². The first kappa shape index (κ1) is 13.2. The standard InChI is InChI=1S/C11H9ClFN5O/c12-9-3-6(4-10(17-9)18-14)11(19)16-8-1-2-15-5-7(8)13/h1-5H,14H2,(H,17,18)(H,15,16,19). The van der Waals surface area contributed by atoms with Crippen LogP contribution in [0.1, 0.15) is 10.4 Å². The lowest BCUT2D eigenvalue weighted by Crippen LogP contribution is -2.15. The number of nitrogen functional groups attached to an aromatic ring is 1. The highest BCUT2D eigenvalue weighted by Gasteiger charge is 2.11. The summed E-state index contributed by atoms with van der Waals surface area (Å²) < 4.78 is 13.3. The second-order valence-corrected chi connectivity index (χ2v) is 3.91. The number of aromatic nitrogens is 2. The highest BCUT2D eigenvalue weighted by molar-refractivity contribution is 6.30. The van der Waals surface area contributed by atoms with E-state index in [0.29, 0.717) is 0 Å². The van der Waals surface area contributed by atoms with Crippen LogP contribution in [0.25, 0.3) is 0 Å². The van der Waals surface area contributed by atoms with Gasteiger partial charge in [0.25, 0.3) is 5.91 Å². The average Bonchev–Trinajstić information content (AvgIpc) is 2.40. The van der Waals surface area contributed by atoms with Crippen LogP contribution in [-0.2, 0) is 0 Å². The van der Waals surface area contributed by atoms with Gasteiger partial charge in [-0.15, -0.1) is 0 Å². The van der Waals surface area contributed by atoms with E-state index in [0.717, 1.165) is 6.20 Å². The molecule has 0 unspecified atom stereocenters. The third kappa shape index (κ3) is 3.15. The third-order valence-corrected chi connectivity index (χ3v) is 2.42. The predicted octanol–water partition coefficient (Wildman–Crippen LogP) is 1.81. The summed E-state index contributed by atoms with van der Waals surface area (Å²) in [5.74, 6) is 4.26. The van der Waals surface area contributed by atoms with Crippen LogP contribution < -0.4 is 16.6 Å². The summed E-state index contributed by atoms with van der Waals surface area (Å²) in [6.07, 6.45) is 2.37. The van der Waals surface area contributed by atoms with Crippen molar-refractivity contribution in [1.29, 1.82) is 0 Å². The Morgan fingerprint density at radius 1 is 1.42 bits per heavy atom. The first-order valence-corrected chi connectivity index (χ1v) is 5.53. The molecule has 2 rings (SSSR count). The first-order valence-electron chi connectivity index (χ1n) is 5.15. The second kappa shape index (κ2) is 5.59. The van der Waals surface area contributed by atoms with E-state index in [1.54, 1.807) is 0 Å². The minimum atomic E-state index is -0.631. The molecular weight excluding hydrogens is 273 g/mol. The van der Waals surface area contributed by atoms with Crippen LogP contribution in [-0.4, -0.2) is 15.9 Å². The molecule has 2 aromatic heterocycles. The molecule has 4 N–H and O–H groups in total. The van der Waals surface area contributed by atoms with E-state index in [2.05, 4.69) is 20.7 Å². The SMILES string of the molecule is NNc1cc(C(=O)Nc2ccncc2F)cc(Cl)n1. The van der Waals surface area contributed by atoms with Gasteiger partial charge in [-0.2, -0.15) is 0 Å². The lowest BCUT2D eigenvalue weighted by atomic mass is 10.2. The van der Waals surface area contributed by atoms with E-state index < -0.39 is 11.7 Å². The van der Waals surface area contributed by atoms with Crippen molar-refractivity contribution < 1.29 is 9.18 Å². The van der Waals surface area contributed by atoms with Crippen molar-refractivity contribution in [2.45, 2.75) is 0 Å². The normalized spacial score (nSPS) is 10.1. The highest BCUT2D eigenvalue weighted by atomic mass is 35.5. The van der Waals surface area contributed by atoms with E-state index in [4.69, 9.17) is 17.4 Å². The van der Waals surface area contributed by atoms with Gasteiger partial charge in [-0.1, -0.05) is 11.6 Å². The molecule has 98 valence electrons. The number of hydrogen-bond acceptors (Lipinski definition) is 5. The zero-order valence-electron chi connectivity index (χ0n) is 9.52. The number of carbonyl (C=O) groups excluding carboxylic acids is 1. The maximum Gasteiger partial charge on any atom is 0.255 e. The first-order chi connectivity index (χ1) is 9.10. The Morgan fingerprint density at radius 2 is 2.21 bits per heavy atom. The molecule has 0 saturated carbocycles. The Labute approximate surface area is 112 Å². The number of nitrogens with two attached hydrogens (primary N) is 1. The number of amides is 1. The third-order valence-electron chi connectivity index (χ3n) is 2.22. The molecule has 0 spiro atoms. The summed E-state index contributed by atoms with van der Waals surface area (Å²) in [6, 6.07) is 4.08. The van der Waals surface area contributed by atoms with Crippen LogP contribution >= 0.6 is 11.6 Å². The minimum absolute atomic E-state index is 0.0233. The van der Waals surface area contributed by atoms with E-state index in [9.17, 15) is 9.18 Å². The highest BCUT2D eigenvalue weighted by Crippen LogP contribution is 2.17. The Morgan fingerprint density at radius 3 is 2.89 bits per heavy atom. The number of rotatable bonds is 3. The van der Waals surface area contributed by atoms with Crippen LogP contribution in [0.4, 0.5) is 15.9 Å². The number of halogens is 2. The summed E-state index contributed by atoms with van der Waals surface area (Å²) in [5.41, 5.74) is 2.50. The number of nitrogens with zero attached hydrogens (tertiary/aromatic N) is 2. The van der Waals surface area contributed by atoms with Crippen molar-refractivity contribution in [1.82, 2.24) is 9.97 Å². The zero-order chi connectivity index (χ0) is 13.8. The molecule has 8 heteroatoms. The molecule has 6 nitrogen and oxygen atoms in total. The summed E-state index contributed by atoms with van der Waals surface area (Å²) >= 11 is 5.74. The molecule has 0 aliphatic heterocycles. The fourth-order valence-corrected chi connectivity index (χ4v) is 1.58. The Bertz CT molecular complexity index is 622. The lowest BCUT2D eigenvalue weighted by Gasteiger charge is -2.07. The van der Waals surface area contributed by atoms with Crippen LogP contribution in [0, 0.1) is 5.82 Å². The van der Waals surface area contributed by atoms with Crippen molar-refractivity contribution in [3.8, 4) is 0 Å². The maximum absolute atomic E-state index is 13.3. The Kier molecular flexibility index (Phi) is 3.88. The monoisotopic (exact) mass is 281 g/mol. The van der Waals surface area contributed by atoms with Crippen LogP contribution in [0.3, 0.4) is 0 Å².